The van der Waals surface area contributed by atoms with Gasteiger partial charge in [0.2, 0.25) is 6.10 Å². The van der Waals surface area contributed by atoms with Crippen molar-refractivity contribution in [2.75, 3.05) is 4.90 Å². The van der Waals surface area contributed by atoms with Crippen LogP contribution in [0.15, 0.2) is 54.6 Å². The molecule has 5 heteroatoms. The number of amides is 2. The van der Waals surface area contributed by atoms with Crippen LogP contribution in [0.5, 0.6) is 0 Å². The number of para-hydroxylation sites is 1. The fourth-order valence-electron chi connectivity index (χ4n) is 2.07. The summed E-state index contributed by atoms with van der Waals surface area (Å²) in [7, 11) is 0. The Morgan fingerprint density at radius 2 is 1.60 bits per heavy atom. The minimum atomic E-state index is -1.02. The predicted octanol–water partition coefficient (Wildman–Crippen LogP) is 3.05. The minimum absolute atomic E-state index is 0.412. The number of halogens is 1. The summed E-state index contributed by atoms with van der Waals surface area (Å²) >= 11 is 0. The first kappa shape index (κ1) is 12.3. The van der Waals surface area contributed by atoms with Crippen LogP contribution in [0.25, 0.3) is 0 Å². The first-order chi connectivity index (χ1) is 9.66. The van der Waals surface area contributed by atoms with Crippen LogP contribution in [0.2, 0.25) is 0 Å². The number of imide groups is 1. The summed E-state index contributed by atoms with van der Waals surface area (Å²) in [4.78, 5) is 25.1. The monoisotopic (exact) mass is 271 g/mol. The molecule has 20 heavy (non-hydrogen) atoms. The molecule has 1 saturated heterocycles. The van der Waals surface area contributed by atoms with Crippen molar-refractivity contribution in [3.05, 3.63) is 66.0 Å². The molecule has 1 atom stereocenters. The van der Waals surface area contributed by atoms with E-state index >= 15 is 0 Å². The van der Waals surface area contributed by atoms with Gasteiger partial charge in [-0.25, -0.2) is 14.1 Å². The van der Waals surface area contributed by atoms with Crippen molar-refractivity contribution in [2.24, 2.45) is 0 Å². The van der Waals surface area contributed by atoms with Crippen LogP contribution in [-0.4, -0.2) is 12.0 Å². The molecule has 2 amide bonds. The smallest absolute Gasteiger partial charge is 0.422 e. The molecule has 2 aromatic carbocycles. The molecule has 0 saturated carbocycles. The van der Waals surface area contributed by atoms with Crippen LogP contribution >= 0.6 is 0 Å². The number of ether oxygens (including phenoxy) is 1. The number of benzene rings is 2. The van der Waals surface area contributed by atoms with E-state index in [0.29, 0.717) is 11.3 Å². The molecule has 100 valence electrons. The van der Waals surface area contributed by atoms with Gasteiger partial charge in [0, 0.05) is 5.56 Å². The van der Waals surface area contributed by atoms with E-state index in [0.717, 1.165) is 4.90 Å². The van der Waals surface area contributed by atoms with Crippen molar-refractivity contribution in [3.8, 4) is 0 Å². The van der Waals surface area contributed by atoms with Gasteiger partial charge in [0.1, 0.15) is 5.82 Å². The Balaban J connectivity index is 1.93. The maximum atomic E-state index is 12.9. The van der Waals surface area contributed by atoms with Crippen LogP contribution in [0.4, 0.5) is 14.9 Å². The quantitative estimate of drug-likeness (QED) is 0.843. The maximum absolute atomic E-state index is 12.9. The molecule has 0 radical (unpaired) electrons. The van der Waals surface area contributed by atoms with Crippen molar-refractivity contribution in [1.82, 2.24) is 0 Å². The summed E-state index contributed by atoms with van der Waals surface area (Å²) in [5, 5.41) is 0. The molecule has 0 aromatic heterocycles. The summed E-state index contributed by atoms with van der Waals surface area (Å²) in [6, 6.07) is 13.8. The number of nitrogens with zero attached hydrogens (tertiary/aromatic N) is 1. The Labute approximate surface area is 114 Å². The molecule has 0 spiro atoms. The van der Waals surface area contributed by atoms with Gasteiger partial charge in [0.15, 0.2) is 0 Å². The van der Waals surface area contributed by atoms with Crippen LogP contribution in [-0.2, 0) is 9.53 Å². The van der Waals surface area contributed by atoms with Gasteiger partial charge < -0.3 is 4.74 Å². The van der Waals surface area contributed by atoms with Gasteiger partial charge in [-0.3, -0.25) is 4.79 Å². The van der Waals surface area contributed by atoms with E-state index in [4.69, 9.17) is 4.74 Å². The van der Waals surface area contributed by atoms with Crippen molar-refractivity contribution < 1.29 is 18.7 Å². The first-order valence-corrected chi connectivity index (χ1v) is 6.02. The molecular weight excluding hydrogens is 261 g/mol. The largest absolute Gasteiger partial charge is 0.430 e. The van der Waals surface area contributed by atoms with E-state index in [9.17, 15) is 14.0 Å². The lowest BCUT2D eigenvalue weighted by atomic mass is 10.1. The number of hydrogen-bond donors (Lipinski definition) is 0. The topological polar surface area (TPSA) is 46.6 Å². The second kappa shape index (κ2) is 4.77. The zero-order valence-electron chi connectivity index (χ0n) is 10.3. The highest BCUT2D eigenvalue weighted by atomic mass is 19.1. The zero-order chi connectivity index (χ0) is 14.1. The highest BCUT2D eigenvalue weighted by Crippen LogP contribution is 2.31. The van der Waals surface area contributed by atoms with E-state index in [1.165, 1.54) is 24.3 Å². The standard InChI is InChI=1S/C15H10FNO3/c16-11-8-6-10(7-9-11)13-14(18)17(15(19)20-13)12-4-2-1-3-5-12/h1-9,13H. The Morgan fingerprint density at radius 1 is 0.950 bits per heavy atom. The average molecular weight is 271 g/mol. The van der Waals surface area contributed by atoms with Gasteiger partial charge in [-0.2, -0.15) is 0 Å². The van der Waals surface area contributed by atoms with Gasteiger partial charge in [-0.15, -0.1) is 0 Å². The molecule has 1 heterocycles. The van der Waals surface area contributed by atoms with Gasteiger partial charge in [-0.1, -0.05) is 30.3 Å². The number of hydrogen-bond acceptors (Lipinski definition) is 3. The molecule has 1 unspecified atom stereocenters. The van der Waals surface area contributed by atoms with Gasteiger partial charge in [0.25, 0.3) is 5.91 Å². The summed E-state index contributed by atoms with van der Waals surface area (Å²) in [5.41, 5.74) is 0.898. The van der Waals surface area contributed by atoms with Gasteiger partial charge >= 0.3 is 6.09 Å². The van der Waals surface area contributed by atoms with Crippen molar-refractivity contribution in [3.63, 3.8) is 0 Å². The molecule has 2 aromatic rings. The lowest BCUT2D eigenvalue weighted by Gasteiger charge is -2.10. The summed E-state index contributed by atoms with van der Waals surface area (Å²) < 4.78 is 18.0. The Hall–Kier alpha value is -2.69. The molecule has 1 aliphatic rings. The Kier molecular flexibility index (Phi) is 2.95. The molecule has 0 N–H and O–H groups in total. The highest BCUT2D eigenvalue weighted by Gasteiger charge is 2.42. The highest BCUT2D eigenvalue weighted by molar-refractivity contribution is 6.18. The molecule has 1 fully saturated rings. The second-order valence-corrected chi connectivity index (χ2v) is 4.32. The van der Waals surface area contributed by atoms with Crippen LogP contribution in [0, 0.1) is 5.82 Å². The molecule has 0 bridgehead atoms. The van der Waals surface area contributed by atoms with E-state index in [1.54, 1.807) is 30.3 Å². The molecule has 0 aliphatic carbocycles. The van der Waals surface area contributed by atoms with Crippen molar-refractivity contribution >= 4 is 17.7 Å². The summed E-state index contributed by atoms with van der Waals surface area (Å²) in [6.07, 6.45) is -1.75. The summed E-state index contributed by atoms with van der Waals surface area (Å²) in [6.45, 7) is 0. The minimum Gasteiger partial charge on any atom is -0.430 e. The van der Waals surface area contributed by atoms with Crippen LogP contribution in [0.1, 0.15) is 11.7 Å². The van der Waals surface area contributed by atoms with Gasteiger partial charge in [-0.05, 0) is 24.3 Å². The molecular formula is C15H10FNO3. The third-order valence-electron chi connectivity index (χ3n) is 3.03. The third kappa shape index (κ3) is 2.03. The third-order valence-corrected chi connectivity index (χ3v) is 3.03. The second-order valence-electron chi connectivity index (χ2n) is 4.32. The zero-order valence-corrected chi connectivity index (χ0v) is 10.3. The van der Waals surface area contributed by atoms with E-state index < -0.39 is 23.9 Å². The summed E-state index contributed by atoms with van der Waals surface area (Å²) in [5.74, 6) is -0.891. The van der Waals surface area contributed by atoms with Crippen LogP contribution < -0.4 is 4.90 Å². The number of carbonyl (C=O) groups excluding carboxylic acids is 2. The lowest BCUT2D eigenvalue weighted by molar-refractivity contribution is -0.122. The van der Waals surface area contributed by atoms with Gasteiger partial charge in [0.05, 0.1) is 5.69 Å². The lowest BCUT2D eigenvalue weighted by Crippen LogP contribution is -2.29. The number of rotatable bonds is 2. The predicted molar refractivity (Wildman–Crippen MR) is 69.6 cm³/mol. The maximum Gasteiger partial charge on any atom is 0.422 e. The fraction of sp³-hybridized carbons (Fsp3) is 0.0667. The SMILES string of the molecule is O=C1OC(c2ccc(F)cc2)C(=O)N1c1ccccc1. The van der Waals surface area contributed by atoms with Crippen LogP contribution in [0.3, 0.4) is 0 Å². The Bertz CT molecular complexity index is 655. The number of anilines is 1. The van der Waals surface area contributed by atoms with Crippen molar-refractivity contribution in [2.45, 2.75) is 6.10 Å². The first-order valence-electron chi connectivity index (χ1n) is 6.02. The van der Waals surface area contributed by atoms with E-state index in [-0.39, 0.29) is 0 Å². The molecule has 1 aliphatic heterocycles. The number of cyclic esters (lactones) is 1. The van der Waals surface area contributed by atoms with Crippen molar-refractivity contribution in [1.29, 1.82) is 0 Å². The molecule has 4 nitrogen and oxygen atoms in total. The number of carbonyl (C=O) groups is 2. The van der Waals surface area contributed by atoms with E-state index in [1.807, 2.05) is 0 Å². The normalized spacial score (nSPS) is 18.2. The Morgan fingerprint density at radius 3 is 2.25 bits per heavy atom. The van der Waals surface area contributed by atoms with E-state index in [2.05, 4.69) is 0 Å². The molecule has 3 rings (SSSR count). The average Bonchev–Trinajstić information content (AvgIpc) is 2.76. The fourth-order valence-corrected chi connectivity index (χ4v) is 2.07.